The molecule has 5 nitrogen and oxygen atoms in total. The lowest BCUT2D eigenvalue weighted by Gasteiger charge is -2.30. The van der Waals surface area contributed by atoms with Crippen molar-refractivity contribution < 1.29 is 24.2 Å². The van der Waals surface area contributed by atoms with Gasteiger partial charge in [-0.15, -0.1) is 0 Å². The van der Waals surface area contributed by atoms with Crippen LogP contribution in [0.25, 0.3) is 0 Å². The van der Waals surface area contributed by atoms with Crippen LogP contribution < -0.4 is 4.74 Å². The summed E-state index contributed by atoms with van der Waals surface area (Å²) in [4.78, 5) is 23.7. The number of carbonyl (C=O) groups excluding carboxylic acids is 1. The maximum atomic E-state index is 12.2. The van der Waals surface area contributed by atoms with Crippen molar-refractivity contribution in [3.05, 3.63) is 29.3 Å². The topological polar surface area (TPSA) is 72.8 Å². The van der Waals surface area contributed by atoms with Crippen LogP contribution in [0, 0.1) is 5.92 Å². The standard InChI is InChI=1S/C20H28O5S/c1-20(2,3)25-19(23)14-6-8-15(9-7-14)24-17-11-13(12-26-4)5-10-16(17)18(21)22/h5,10-11,14-15H,6-9,12H2,1-4H3,(H,21,22). The fraction of sp³-hybridized carbons (Fsp3) is 0.600. The molecule has 1 aliphatic carbocycles. The quantitative estimate of drug-likeness (QED) is 0.731. The predicted octanol–water partition coefficient (Wildman–Crippen LogP) is 4.53. The summed E-state index contributed by atoms with van der Waals surface area (Å²) in [6, 6.07) is 5.25. The molecule has 0 heterocycles. The third kappa shape index (κ3) is 5.94. The molecule has 0 bridgehead atoms. The zero-order valence-corrected chi connectivity index (χ0v) is 16.7. The summed E-state index contributed by atoms with van der Waals surface area (Å²) >= 11 is 1.68. The van der Waals surface area contributed by atoms with E-state index in [2.05, 4.69) is 0 Å². The Balaban J connectivity index is 1.99. The summed E-state index contributed by atoms with van der Waals surface area (Å²) in [5, 5.41) is 9.39. The number of rotatable bonds is 6. The molecule has 1 fully saturated rings. The highest BCUT2D eigenvalue weighted by molar-refractivity contribution is 7.97. The molecule has 1 saturated carbocycles. The molecular weight excluding hydrogens is 352 g/mol. The van der Waals surface area contributed by atoms with Crippen LogP contribution in [0.15, 0.2) is 18.2 Å². The number of aromatic carboxylic acids is 1. The van der Waals surface area contributed by atoms with Gasteiger partial charge >= 0.3 is 11.9 Å². The van der Waals surface area contributed by atoms with Crippen molar-refractivity contribution >= 4 is 23.7 Å². The van der Waals surface area contributed by atoms with Crippen molar-refractivity contribution in [2.24, 2.45) is 5.92 Å². The Morgan fingerprint density at radius 2 is 1.85 bits per heavy atom. The lowest BCUT2D eigenvalue weighted by molar-refractivity contribution is -0.161. The molecule has 0 saturated heterocycles. The van der Waals surface area contributed by atoms with E-state index in [-0.39, 0.29) is 23.6 Å². The number of carboxylic acid groups (broad SMARTS) is 1. The Hall–Kier alpha value is -1.69. The largest absolute Gasteiger partial charge is 0.490 e. The fourth-order valence-corrected chi connectivity index (χ4v) is 3.59. The molecule has 2 rings (SSSR count). The molecule has 0 amide bonds. The van der Waals surface area contributed by atoms with Crippen LogP contribution in [-0.4, -0.2) is 35.0 Å². The lowest BCUT2D eigenvalue weighted by atomic mass is 9.87. The Kier molecular flexibility index (Phi) is 6.98. The Labute approximate surface area is 159 Å². The molecular formula is C20H28O5S. The third-order valence-corrected chi connectivity index (χ3v) is 4.92. The van der Waals surface area contributed by atoms with Gasteiger partial charge in [0.05, 0.1) is 12.0 Å². The molecule has 144 valence electrons. The first kappa shape index (κ1) is 20.6. The molecule has 0 radical (unpaired) electrons. The van der Waals surface area contributed by atoms with E-state index in [4.69, 9.17) is 9.47 Å². The van der Waals surface area contributed by atoms with Crippen molar-refractivity contribution in [1.82, 2.24) is 0 Å². The van der Waals surface area contributed by atoms with Crippen LogP contribution in [0.2, 0.25) is 0 Å². The number of ether oxygens (including phenoxy) is 2. The smallest absolute Gasteiger partial charge is 0.339 e. The van der Waals surface area contributed by atoms with E-state index in [1.54, 1.807) is 17.8 Å². The average molecular weight is 381 g/mol. The molecule has 0 atom stereocenters. The van der Waals surface area contributed by atoms with E-state index in [0.717, 1.165) is 24.2 Å². The second kappa shape index (κ2) is 8.80. The predicted molar refractivity (Wildman–Crippen MR) is 103 cm³/mol. The minimum Gasteiger partial charge on any atom is -0.490 e. The normalized spacial score (nSPS) is 20.5. The van der Waals surface area contributed by atoms with Gasteiger partial charge in [0.1, 0.15) is 16.9 Å². The zero-order valence-electron chi connectivity index (χ0n) is 15.9. The van der Waals surface area contributed by atoms with Crippen molar-refractivity contribution in [2.75, 3.05) is 6.26 Å². The number of esters is 1. The number of carbonyl (C=O) groups is 2. The van der Waals surface area contributed by atoms with Gasteiger partial charge in [0, 0.05) is 5.75 Å². The molecule has 0 aromatic heterocycles. The van der Waals surface area contributed by atoms with Gasteiger partial charge in [0.25, 0.3) is 0 Å². The van der Waals surface area contributed by atoms with Gasteiger partial charge in [-0.3, -0.25) is 4.79 Å². The Morgan fingerprint density at radius 1 is 1.19 bits per heavy atom. The van der Waals surface area contributed by atoms with Crippen LogP contribution in [-0.2, 0) is 15.3 Å². The van der Waals surface area contributed by atoms with Crippen molar-refractivity contribution in [3.63, 3.8) is 0 Å². The van der Waals surface area contributed by atoms with Gasteiger partial charge in [-0.05, 0) is 70.4 Å². The SMILES string of the molecule is CSCc1ccc(C(=O)O)c(OC2CCC(C(=O)OC(C)(C)C)CC2)c1. The minimum absolute atomic E-state index is 0.0729. The second-order valence-corrected chi connectivity index (χ2v) is 8.56. The van der Waals surface area contributed by atoms with E-state index >= 15 is 0 Å². The molecule has 26 heavy (non-hydrogen) atoms. The van der Waals surface area contributed by atoms with E-state index in [0.29, 0.717) is 18.6 Å². The fourth-order valence-electron chi connectivity index (χ4n) is 3.08. The van der Waals surface area contributed by atoms with Gasteiger partial charge in [-0.1, -0.05) is 6.07 Å². The van der Waals surface area contributed by atoms with Crippen LogP contribution in [0.5, 0.6) is 5.75 Å². The van der Waals surface area contributed by atoms with Crippen LogP contribution in [0.1, 0.15) is 62.4 Å². The van der Waals surface area contributed by atoms with Gasteiger partial charge in [0.2, 0.25) is 0 Å². The molecule has 1 aliphatic rings. The monoisotopic (exact) mass is 380 g/mol. The maximum absolute atomic E-state index is 12.2. The molecule has 1 aromatic rings. The third-order valence-electron chi connectivity index (χ3n) is 4.30. The van der Waals surface area contributed by atoms with Crippen LogP contribution in [0.3, 0.4) is 0 Å². The van der Waals surface area contributed by atoms with E-state index in [1.165, 1.54) is 0 Å². The van der Waals surface area contributed by atoms with Crippen molar-refractivity contribution in [3.8, 4) is 5.75 Å². The summed E-state index contributed by atoms with van der Waals surface area (Å²) in [5.41, 5.74) is 0.752. The van der Waals surface area contributed by atoms with Gasteiger partial charge in [-0.2, -0.15) is 11.8 Å². The second-order valence-electron chi connectivity index (χ2n) is 7.69. The summed E-state index contributed by atoms with van der Waals surface area (Å²) in [6.45, 7) is 5.61. The Bertz CT molecular complexity index is 642. The molecule has 0 spiro atoms. The summed E-state index contributed by atoms with van der Waals surface area (Å²) in [5.74, 6) is -0.00957. The number of thioether (sulfide) groups is 1. The first-order chi connectivity index (χ1) is 12.2. The molecule has 6 heteroatoms. The van der Waals surface area contributed by atoms with E-state index in [9.17, 15) is 14.7 Å². The highest BCUT2D eigenvalue weighted by Crippen LogP contribution is 2.31. The van der Waals surface area contributed by atoms with Crippen molar-refractivity contribution in [2.45, 2.75) is 63.9 Å². The van der Waals surface area contributed by atoms with Crippen LogP contribution >= 0.6 is 11.8 Å². The molecule has 1 N–H and O–H groups in total. The molecule has 0 aliphatic heterocycles. The summed E-state index contributed by atoms with van der Waals surface area (Å²) in [7, 11) is 0. The molecule has 0 unspecified atom stereocenters. The van der Waals surface area contributed by atoms with E-state index < -0.39 is 11.6 Å². The highest BCUT2D eigenvalue weighted by atomic mass is 32.2. The van der Waals surface area contributed by atoms with Gasteiger partial charge in [-0.25, -0.2) is 4.79 Å². The number of benzene rings is 1. The average Bonchev–Trinajstić information content (AvgIpc) is 2.54. The van der Waals surface area contributed by atoms with Crippen molar-refractivity contribution in [1.29, 1.82) is 0 Å². The number of carboxylic acids is 1. The van der Waals surface area contributed by atoms with Gasteiger partial charge < -0.3 is 14.6 Å². The lowest BCUT2D eigenvalue weighted by Crippen LogP contribution is -2.33. The van der Waals surface area contributed by atoms with Crippen LogP contribution in [0.4, 0.5) is 0 Å². The zero-order chi connectivity index (χ0) is 19.3. The summed E-state index contributed by atoms with van der Waals surface area (Å²) in [6.07, 6.45) is 4.77. The first-order valence-electron chi connectivity index (χ1n) is 8.94. The first-order valence-corrected chi connectivity index (χ1v) is 10.3. The number of hydrogen-bond donors (Lipinski definition) is 1. The Morgan fingerprint density at radius 3 is 2.38 bits per heavy atom. The number of hydrogen-bond acceptors (Lipinski definition) is 5. The van der Waals surface area contributed by atoms with E-state index in [1.807, 2.05) is 39.2 Å². The minimum atomic E-state index is -0.988. The highest BCUT2D eigenvalue weighted by Gasteiger charge is 2.31. The summed E-state index contributed by atoms with van der Waals surface area (Å²) < 4.78 is 11.5. The van der Waals surface area contributed by atoms with Gasteiger partial charge in [0.15, 0.2) is 0 Å². The maximum Gasteiger partial charge on any atom is 0.339 e. The molecule has 1 aromatic carbocycles.